The summed E-state index contributed by atoms with van der Waals surface area (Å²) in [5, 5.41) is 0. The third kappa shape index (κ3) is 7.01. The molecule has 1 aromatic rings. The van der Waals surface area contributed by atoms with Gasteiger partial charge in [0.25, 0.3) is 0 Å². The summed E-state index contributed by atoms with van der Waals surface area (Å²) in [5.74, 6) is 0. The SMILES string of the molecule is I/C=C/CCCCCOCc1ccccc1. The summed E-state index contributed by atoms with van der Waals surface area (Å²) >= 11 is 2.26. The monoisotopic (exact) mass is 330 g/mol. The van der Waals surface area contributed by atoms with Gasteiger partial charge in [-0.3, -0.25) is 0 Å². The van der Waals surface area contributed by atoms with Crippen LogP contribution in [0.2, 0.25) is 0 Å². The molecule has 0 spiro atoms. The van der Waals surface area contributed by atoms with E-state index < -0.39 is 0 Å². The Morgan fingerprint density at radius 2 is 1.88 bits per heavy atom. The van der Waals surface area contributed by atoms with Gasteiger partial charge in [-0.15, -0.1) is 0 Å². The van der Waals surface area contributed by atoms with Crippen molar-refractivity contribution in [1.29, 1.82) is 0 Å². The first-order valence-electron chi connectivity index (χ1n) is 5.80. The molecule has 0 unspecified atom stereocenters. The van der Waals surface area contributed by atoms with Gasteiger partial charge in [0.1, 0.15) is 0 Å². The zero-order valence-electron chi connectivity index (χ0n) is 9.57. The molecule has 0 N–H and O–H groups in total. The topological polar surface area (TPSA) is 9.23 Å². The van der Waals surface area contributed by atoms with Crippen molar-refractivity contribution >= 4 is 22.6 Å². The molecule has 88 valence electrons. The number of allylic oxidation sites excluding steroid dienone is 1. The van der Waals surface area contributed by atoms with Crippen molar-refractivity contribution in [2.24, 2.45) is 0 Å². The Hall–Kier alpha value is -0.350. The highest BCUT2D eigenvalue weighted by Crippen LogP contribution is 2.04. The number of hydrogen-bond donors (Lipinski definition) is 0. The number of halogens is 1. The molecule has 0 aliphatic heterocycles. The minimum absolute atomic E-state index is 0.745. The predicted molar refractivity (Wildman–Crippen MR) is 77.7 cm³/mol. The van der Waals surface area contributed by atoms with Crippen LogP contribution in [0.15, 0.2) is 40.5 Å². The highest BCUT2D eigenvalue weighted by atomic mass is 127. The second-order valence-electron chi connectivity index (χ2n) is 3.75. The lowest BCUT2D eigenvalue weighted by Gasteiger charge is -2.03. The van der Waals surface area contributed by atoms with Gasteiger partial charge in [0.2, 0.25) is 0 Å². The van der Waals surface area contributed by atoms with Gasteiger partial charge in [0.05, 0.1) is 6.61 Å². The molecule has 0 saturated carbocycles. The van der Waals surface area contributed by atoms with E-state index in [1.165, 1.54) is 31.2 Å². The lowest BCUT2D eigenvalue weighted by Crippen LogP contribution is -1.95. The maximum absolute atomic E-state index is 5.61. The molecule has 0 bridgehead atoms. The van der Waals surface area contributed by atoms with Crippen LogP contribution in [0.25, 0.3) is 0 Å². The Morgan fingerprint density at radius 3 is 2.62 bits per heavy atom. The fourth-order valence-electron chi connectivity index (χ4n) is 1.47. The quantitative estimate of drug-likeness (QED) is 0.495. The second kappa shape index (κ2) is 9.85. The molecule has 1 aromatic carbocycles. The van der Waals surface area contributed by atoms with Crippen molar-refractivity contribution in [2.75, 3.05) is 6.61 Å². The van der Waals surface area contributed by atoms with Crippen LogP contribution in [-0.4, -0.2) is 6.61 Å². The molecular formula is C14H19IO. The van der Waals surface area contributed by atoms with Crippen molar-refractivity contribution in [2.45, 2.75) is 32.3 Å². The smallest absolute Gasteiger partial charge is 0.0716 e. The Bertz CT molecular complexity index is 282. The van der Waals surface area contributed by atoms with E-state index >= 15 is 0 Å². The van der Waals surface area contributed by atoms with Gasteiger partial charge < -0.3 is 4.74 Å². The third-order valence-corrected chi connectivity index (χ3v) is 2.87. The number of unbranched alkanes of at least 4 members (excludes halogenated alkanes) is 3. The van der Waals surface area contributed by atoms with Gasteiger partial charge in [-0.25, -0.2) is 0 Å². The summed E-state index contributed by atoms with van der Waals surface area (Å²) in [7, 11) is 0. The molecule has 16 heavy (non-hydrogen) atoms. The van der Waals surface area contributed by atoms with Crippen LogP contribution < -0.4 is 0 Å². The second-order valence-corrected chi connectivity index (χ2v) is 4.47. The van der Waals surface area contributed by atoms with Crippen LogP contribution >= 0.6 is 22.6 Å². The third-order valence-electron chi connectivity index (χ3n) is 2.36. The van der Waals surface area contributed by atoms with Crippen molar-refractivity contribution < 1.29 is 4.74 Å². The molecule has 0 heterocycles. The molecular weight excluding hydrogens is 311 g/mol. The largest absolute Gasteiger partial charge is 0.377 e. The van der Waals surface area contributed by atoms with Crippen molar-refractivity contribution in [3.8, 4) is 0 Å². The molecule has 0 amide bonds. The predicted octanol–water partition coefficient (Wildman–Crippen LogP) is 4.71. The molecule has 0 fully saturated rings. The van der Waals surface area contributed by atoms with Gasteiger partial charge in [-0.1, -0.05) is 65.4 Å². The molecule has 0 radical (unpaired) electrons. The van der Waals surface area contributed by atoms with Crippen LogP contribution in [0.3, 0.4) is 0 Å². The molecule has 0 aliphatic carbocycles. The zero-order valence-corrected chi connectivity index (χ0v) is 11.7. The highest BCUT2D eigenvalue weighted by molar-refractivity contribution is 14.1. The average Bonchev–Trinajstić information content (AvgIpc) is 2.34. The minimum atomic E-state index is 0.745. The Kier molecular flexibility index (Phi) is 8.44. The number of ether oxygens (including phenoxy) is 1. The molecule has 0 atom stereocenters. The van der Waals surface area contributed by atoms with Crippen LogP contribution in [0, 0.1) is 0 Å². The van der Waals surface area contributed by atoms with Crippen LogP contribution in [-0.2, 0) is 11.3 Å². The van der Waals surface area contributed by atoms with E-state index in [0.29, 0.717) is 0 Å². The van der Waals surface area contributed by atoms with E-state index in [1.807, 2.05) is 6.07 Å². The van der Waals surface area contributed by atoms with E-state index in [-0.39, 0.29) is 0 Å². The van der Waals surface area contributed by atoms with E-state index in [1.54, 1.807) is 0 Å². The Balaban J connectivity index is 1.92. The molecule has 0 aliphatic rings. The van der Waals surface area contributed by atoms with E-state index in [9.17, 15) is 0 Å². The molecule has 1 rings (SSSR count). The zero-order chi connectivity index (χ0) is 11.5. The van der Waals surface area contributed by atoms with E-state index in [2.05, 4.69) is 57.0 Å². The Morgan fingerprint density at radius 1 is 1.06 bits per heavy atom. The normalized spacial score (nSPS) is 11.1. The maximum Gasteiger partial charge on any atom is 0.0716 e. The van der Waals surface area contributed by atoms with Crippen LogP contribution in [0.1, 0.15) is 31.2 Å². The van der Waals surface area contributed by atoms with E-state index in [4.69, 9.17) is 4.74 Å². The summed E-state index contributed by atoms with van der Waals surface area (Å²) < 4.78 is 7.69. The van der Waals surface area contributed by atoms with Crippen molar-refractivity contribution in [3.63, 3.8) is 0 Å². The Labute approximate surface area is 112 Å². The number of benzene rings is 1. The lowest BCUT2D eigenvalue weighted by molar-refractivity contribution is 0.117. The summed E-state index contributed by atoms with van der Waals surface area (Å²) in [6, 6.07) is 10.3. The summed E-state index contributed by atoms with van der Waals surface area (Å²) in [5.41, 5.74) is 1.26. The van der Waals surface area contributed by atoms with E-state index in [0.717, 1.165) is 13.2 Å². The average molecular weight is 330 g/mol. The van der Waals surface area contributed by atoms with Gasteiger partial charge >= 0.3 is 0 Å². The molecule has 1 nitrogen and oxygen atoms in total. The highest BCUT2D eigenvalue weighted by Gasteiger charge is 1.92. The van der Waals surface area contributed by atoms with Gasteiger partial charge in [0.15, 0.2) is 0 Å². The first-order chi connectivity index (χ1) is 7.93. The van der Waals surface area contributed by atoms with Crippen molar-refractivity contribution in [1.82, 2.24) is 0 Å². The van der Waals surface area contributed by atoms with Crippen LogP contribution in [0.5, 0.6) is 0 Å². The van der Waals surface area contributed by atoms with Gasteiger partial charge in [-0.2, -0.15) is 0 Å². The number of rotatable bonds is 8. The molecule has 2 heteroatoms. The minimum Gasteiger partial charge on any atom is -0.377 e. The summed E-state index contributed by atoms with van der Waals surface area (Å²) in [6.07, 6.45) is 7.11. The van der Waals surface area contributed by atoms with Crippen molar-refractivity contribution in [3.05, 3.63) is 46.1 Å². The van der Waals surface area contributed by atoms with Gasteiger partial charge in [-0.05, 0) is 28.9 Å². The fraction of sp³-hybridized carbons (Fsp3) is 0.429. The number of hydrogen-bond acceptors (Lipinski definition) is 1. The fourth-order valence-corrected chi connectivity index (χ4v) is 1.83. The summed E-state index contributed by atoms with van der Waals surface area (Å²) in [6.45, 7) is 1.62. The molecule has 0 aromatic heterocycles. The first-order valence-corrected chi connectivity index (χ1v) is 7.05. The van der Waals surface area contributed by atoms with Gasteiger partial charge in [0, 0.05) is 6.61 Å². The van der Waals surface area contributed by atoms with Crippen LogP contribution in [0.4, 0.5) is 0 Å². The first kappa shape index (κ1) is 13.7. The lowest BCUT2D eigenvalue weighted by atomic mass is 10.2. The summed E-state index contributed by atoms with van der Waals surface area (Å²) in [4.78, 5) is 0. The molecule has 0 saturated heterocycles. The standard InChI is InChI=1S/C14H19IO/c15-11-7-2-1-3-8-12-16-13-14-9-5-4-6-10-14/h4-7,9-11H,1-3,8,12-13H2/b11-7+. The maximum atomic E-state index is 5.61.